The van der Waals surface area contributed by atoms with Gasteiger partial charge in [-0.05, 0) is 0 Å². The predicted molar refractivity (Wildman–Crippen MR) is 77.0 cm³/mol. The fourth-order valence-corrected chi connectivity index (χ4v) is 2.38. The number of hydrogen-bond donors (Lipinski definition) is 3. The van der Waals surface area contributed by atoms with E-state index >= 15 is 0 Å². The first kappa shape index (κ1) is 14.7. The largest absolute Gasteiger partial charge is 0.459 e. The summed E-state index contributed by atoms with van der Waals surface area (Å²) in [6.45, 7) is 3.56. The van der Waals surface area contributed by atoms with Gasteiger partial charge in [-0.1, -0.05) is 12.7 Å². The summed E-state index contributed by atoms with van der Waals surface area (Å²) in [5.41, 5.74) is 6.73. The minimum absolute atomic E-state index is 0.115. The van der Waals surface area contributed by atoms with Crippen LogP contribution in [0.5, 0.6) is 6.01 Å². The number of aliphatic hydroxyl groups excluding tert-OH is 2. The molecule has 2 aromatic heterocycles. The molecule has 9 nitrogen and oxygen atoms in total. The lowest BCUT2D eigenvalue weighted by Gasteiger charge is -2.13. The quantitative estimate of drug-likeness (QED) is 0.637. The van der Waals surface area contributed by atoms with Crippen molar-refractivity contribution in [2.75, 3.05) is 18.9 Å². The fourth-order valence-electron chi connectivity index (χ4n) is 2.38. The van der Waals surface area contributed by atoms with Gasteiger partial charge in [0.25, 0.3) is 0 Å². The van der Waals surface area contributed by atoms with Gasteiger partial charge >= 0.3 is 6.01 Å². The topological polar surface area (TPSA) is 129 Å². The Balaban J connectivity index is 1.96. The Morgan fingerprint density at radius 3 is 3.05 bits per heavy atom. The Bertz CT molecular complexity index is 688. The molecule has 1 aliphatic rings. The van der Waals surface area contributed by atoms with E-state index in [4.69, 9.17) is 20.3 Å². The summed E-state index contributed by atoms with van der Waals surface area (Å²) in [4.78, 5) is 12.5. The second-order valence-electron chi connectivity index (χ2n) is 4.93. The highest BCUT2D eigenvalue weighted by molar-refractivity contribution is 5.82. The molecule has 1 fully saturated rings. The monoisotopic (exact) mass is 307 g/mol. The van der Waals surface area contributed by atoms with Crippen molar-refractivity contribution >= 4 is 17.0 Å². The Hall–Kier alpha value is -2.23. The third-order valence-corrected chi connectivity index (χ3v) is 3.45. The molecule has 0 spiro atoms. The van der Waals surface area contributed by atoms with E-state index in [0.29, 0.717) is 17.6 Å². The molecular weight excluding hydrogens is 290 g/mol. The van der Waals surface area contributed by atoms with Gasteiger partial charge in [-0.2, -0.15) is 9.97 Å². The zero-order valence-corrected chi connectivity index (χ0v) is 11.8. The molecule has 1 saturated heterocycles. The second-order valence-corrected chi connectivity index (χ2v) is 4.93. The van der Waals surface area contributed by atoms with Gasteiger partial charge in [0, 0.05) is 6.42 Å². The van der Waals surface area contributed by atoms with E-state index in [-0.39, 0.29) is 25.0 Å². The number of aliphatic hydroxyl groups is 2. The van der Waals surface area contributed by atoms with Crippen LogP contribution in [-0.2, 0) is 4.74 Å². The molecular formula is C13H17N5O4. The van der Waals surface area contributed by atoms with E-state index in [2.05, 4.69) is 21.5 Å². The second kappa shape index (κ2) is 5.87. The molecule has 22 heavy (non-hydrogen) atoms. The summed E-state index contributed by atoms with van der Waals surface area (Å²) in [6.07, 6.45) is 1.55. The molecule has 3 atom stereocenters. The Kier molecular flexibility index (Phi) is 3.92. The van der Waals surface area contributed by atoms with E-state index in [1.807, 2.05) is 0 Å². The van der Waals surface area contributed by atoms with Gasteiger partial charge in [0.05, 0.1) is 19.0 Å². The maximum atomic E-state index is 9.84. The number of anilines is 1. The average molecular weight is 307 g/mol. The number of nitrogens with two attached hydrogens (primary N) is 1. The summed E-state index contributed by atoms with van der Waals surface area (Å²) < 4.78 is 12.5. The molecule has 3 heterocycles. The number of nitrogen functional groups attached to an aromatic ring is 1. The minimum atomic E-state index is -0.747. The number of imidazole rings is 1. The molecule has 9 heteroatoms. The van der Waals surface area contributed by atoms with Crippen LogP contribution >= 0.6 is 0 Å². The number of aromatic nitrogens is 4. The van der Waals surface area contributed by atoms with E-state index < -0.39 is 18.4 Å². The van der Waals surface area contributed by atoms with Crippen molar-refractivity contribution in [3.05, 3.63) is 19.0 Å². The first-order valence-electron chi connectivity index (χ1n) is 6.82. The van der Waals surface area contributed by atoms with E-state index in [9.17, 15) is 5.11 Å². The summed E-state index contributed by atoms with van der Waals surface area (Å²) in [7, 11) is 0. The van der Waals surface area contributed by atoms with E-state index in [0.717, 1.165) is 0 Å². The highest BCUT2D eigenvalue weighted by Gasteiger charge is 2.35. The van der Waals surface area contributed by atoms with Crippen LogP contribution in [0.3, 0.4) is 0 Å². The molecule has 0 amide bonds. The molecule has 0 aliphatic carbocycles. The molecule has 0 radical (unpaired) electrons. The van der Waals surface area contributed by atoms with Crippen LogP contribution < -0.4 is 10.5 Å². The zero-order chi connectivity index (χ0) is 15.7. The van der Waals surface area contributed by atoms with Crippen molar-refractivity contribution in [2.45, 2.75) is 24.9 Å². The Morgan fingerprint density at radius 1 is 1.55 bits per heavy atom. The van der Waals surface area contributed by atoms with E-state index in [1.165, 1.54) is 6.33 Å². The van der Waals surface area contributed by atoms with Crippen LogP contribution in [0.25, 0.3) is 11.2 Å². The summed E-state index contributed by atoms with van der Waals surface area (Å²) in [5, 5.41) is 19.0. The highest BCUT2D eigenvalue weighted by Crippen LogP contribution is 2.31. The van der Waals surface area contributed by atoms with Gasteiger partial charge in [-0.3, -0.25) is 4.57 Å². The van der Waals surface area contributed by atoms with Crippen LogP contribution in [0.15, 0.2) is 19.0 Å². The first-order chi connectivity index (χ1) is 10.6. The number of rotatable bonds is 5. The smallest absolute Gasteiger partial charge is 0.320 e. The molecule has 1 aliphatic heterocycles. The van der Waals surface area contributed by atoms with Crippen molar-refractivity contribution in [1.29, 1.82) is 0 Å². The normalized spacial score (nSPS) is 24.7. The number of hydrogen-bond acceptors (Lipinski definition) is 8. The van der Waals surface area contributed by atoms with Gasteiger partial charge in [0.1, 0.15) is 18.9 Å². The zero-order valence-electron chi connectivity index (χ0n) is 11.8. The Labute approximate surface area is 126 Å². The van der Waals surface area contributed by atoms with Gasteiger partial charge in [-0.25, -0.2) is 4.98 Å². The van der Waals surface area contributed by atoms with Crippen LogP contribution in [0.2, 0.25) is 0 Å². The van der Waals surface area contributed by atoms with E-state index in [1.54, 1.807) is 10.6 Å². The maximum absolute atomic E-state index is 9.84. The molecule has 0 saturated carbocycles. The molecule has 2 aromatic rings. The third kappa shape index (κ3) is 2.49. The number of fused-ring (bicyclic) bond motifs is 1. The predicted octanol–water partition coefficient (Wildman–Crippen LogP) is -0.386. The van der Waals surface area contributed by atoms with Gasteiger partial charge in [0.15, 0.2) is 17.0 Å². The lowest BCUT2D eigenvalue weighted by atomic mass is 10.2. The lowest BCUT2D eigenvalue weighted by Crippen LogP contribution is -2.24. The summed E-state index contributed by atoms with van der Waals surface area (Å²) in [5.74, 6) is 0.195. The highest BCUT2D eigenvalue weighted by atomic mass is 16.5. The van der Waals surface area contributed by atoms with Crippen LogP contribution in [0, 0.1) is 0 Å². The standard InChI is InChI=1S/C13H17N5O4/c1-2-3-21-13-16-11(14)10-12(17-13)18(6-15-10)9-4-7(20)8(5-19)22-9/h2,6-9,19-20H,1,3-5H2,(H2,14,16,17)/t7-,8+,9+/m0/s1. The van der Waals surface area contributed by atoms with Crippen molar-refractivity contribution < 1.29 is 19.7 Å². The van der Waals surface area contributed by atoms with Crippen LogP contribution in [0.4, 0.5) is 5.82 Å². The third-order valence-electron chi connectivity index (χ3n) is 3.45. The van der Waals surface area contributed by atoms with Gasteiger partial charge in [0.2, 0.25) is 0 Å². The fraction of sp³-hybridized carbons (Fsp3) is 0.462. The Morgan fingerprint density at radius 2 is 2.36 bits per heavy atom. The molecule has 3 rings (SSSR count). The minimum Gasteiger partial charge on any atom is -0.459 e. The molecule has 4 N–H and O–H groups in total. The van der Waals surface area contributed by atoms with Crippen molar-refractivity contribution in [3.63, 3.8) is 0 Å². The van der Waals surface area contributed by atoms with Gasteiger partial charge in [-0.15, -0.1) is 0 Å². The molecule has 118 valence electrons. The lowest BCUT2D eigenvalue weighted by molar-refractivity contribution is -0.0432. The molecule has 0 bridgehead atoms. The maximum Gasteiger partial charge on any atom is 0.320 e. The summed E-state index contributed by atoms with van der Waals surface area (Å²) >= 11 is 0. The van der Waals surface area contributed by atoms with Gasteiger partial charge < -0.3 is 25.4 Å². The SMILES string of the molecule is C=CCOc1nc(N)c2ncn([C@H]3C[C@H](O)[C@@H](CO)O3)c2n1. The number of nitrogens with zero attached hydrogens (tertiary/aromatic N) is 4. The first-order valence-corrected chi connectivity index (χ1v) is 6.82. The number of ether oxygens (including phenoxy) is 2. The molecule has 0 aromatic carbocycles. The van der Waals surface area contributed by atoms with Crippen molar-refractivity contribution in [1.82, 2.24) is 19.5 Å². The van der Waals surface area contributed by atoms with Crippen LogP contribution in [-0.4, -0.2) is 55.2 Å². The summed E-state index contributed by atoms with van der Waals surface area (Å²) in [6, 6.07) is 0.115. The average Bonchev–Trinajstić information content (AvgIpc) is 3.08. The van der Waals surface area contributed by atoms with Crippen molar-refractivity contribution in [2.24, 2.45) is 0 Å². The van der Waals surface area contributed by atoms with Crippen LogP contribution in [0.1, 0.15) is 12.6 Å². The molecule has 0 unspecified atom stereocenters. The van der Waals surface area contributed by atoms with Crippen molar-refractivity contribution in [3.8, 4) is 6.01 Å².